The first-order chi connectivity index (χ1) is 8.52. The summed E-state index contributed by atoms with van der Waals surface area (Å²) in [6.45, 7) is 6.47. The molecule has 0 fully saturated rings. The second-order valence-corrected chi connectivity index (χ2v) is 5.00. The van der Waals surface area contributed by atoms with Gasteiger partial charge in [-0.2, -0.15) is 0 Å². The van der Waals surface area contributed by atoms with Crippen LogP contribution in [0, 0.1) is 6.92 Å². The fourth-order valence-corrected chi connectivity index (χ4v) is 1.91. The maximum absolute atomic E-state index is 6.15. The van der Waals surface area contributed by atoms with Crippen molar-refractivity contribution in [3.05, 3.63) is 40.4 Å². The summed E-state index contributed by atoms with van der Waals surface area (Å²) in [4.78, 5) is 4.44. The number of hydrogen-bond donors (Lipinski definition) is 1. The molecule has 0 spiro atoms. The van der Waals surface area contributed by atoms with Gasteiger partial charge in [-0.05, 0) is 24.6 Å². The van der Waals surface area contributed by atoms with Crippen LogP contribution in [0.5, 0.6) is 0 Å². The Balaban J connectivity index is 2.54. The second-order valence-electron chi connectivity index (χ2n) is 4.59. The predicted molar refractivity (Wildman–Crippen MR) is 73.1 cm³/mol. The zero-order valence-electron chi connectivity index (χ0n) is 10.8. The number of nitrogens with two attached hydrogens (primary N) is 1. The Morgan fingerprint density at radius 1 is 1.39 bits per heavy atom. The van der Waals surface area contributed by atoms with Gasteiger partial charge in [0.05, 0.1) is 12.2 Å². The number of aromatic nitrogens is 3. The van der Waals surface area contributed by atoms with Gasteiger partial charge in [-0.1, -0.05) is 31.5 Å². The molecule has 4 nitrogen and oxygen atoms in total. The van der Waals surface area contributed by atoms with Crippen LogP contribution in [-0.4, -0.2) is 14.8 Å². The zero-order chi connectivity index (χ0) is 13.3. The number of halogens is 1. The van der Waals surface area contributed by atoms with Gasteiger partial charge in [0, 0.05) is 10.9 Å². The van der Waals surface area contributed by atoms with E-state index in [-0.39, 0.29) is 5.92 Å². The van der Waals surface area contributed by atoms with Gasteiger partial charge >= 0.3 is 0 Å². The first kappa shape index (κ1) is 13.1. The molecule has 1 heterocycles. The summed E-state index contributed by atoms with van der Waals surface area (Å²) in [6.07, 6.45) is 0. The molecule has 0 aliphatic rings. The monoisotopic (exact) mass is 264 g/mol. The van der Waals surface area contributed by atoms with Crippen LogP contribution in [0.15, 0.2) is 18.2 Å². The molecule has 0 bridgehead atoms. The van der Waals surface area contributed by atoms with Gasteiger partial charge in [-0.3, -0.25) is 0 Å². The van der Waals surface area contributed by atoms with Crippen LogP contribution in [0.2, 0.25) is 5.02 Å². The number of aryl methyl sites for hydroxylation is 1. The van der Waals surface area contributed by atoms with E-state index in [0.29, 0.717) is 12.4 Å². The summed E-state index contributed by atoms with van der Waals surface area (Å²) in [6, 6.07) is 5.87. The minimum Gasteiger partial charge on any atom is -0.324 e. The number of nitrogens with zero attached hydrogens (tertiary/aromatic N) is 3. The maximum Gasteiger partial charge on any atom is 0.164 e. The third-order valence-corrected chi connectivity index (χ3v) is 3.18. The number of rotatable bonds is 3. The zero-order valence-corrected chi connectivity index (χ0v) is 11.6. The van der Waals surface area contributed by atoms with Crippen molar-refractivity contribution in [2.24, 2.45) is 5.73 Å². The van der Waals surface area contributed by atoms with Crippen LogP contribution in [-0.2, 0) is 6.54 Å². The van der Waals surface area contributed by atoms with E-state index in [1.165, 1.54) is 0 Å². The minimum atomic E-state index is 0.276. The Bertz CT molecular complexity index is 560. The lowest BCUT2D eigenvalue weighted by molar-refractivity contribution is 0.713. The van der Waals surface area contributed by atoms with Gasteiger partial charge < -0.3 is 5.73 Å². The molecule has 0 radical (unpaired) electrons. The molecule has 5 heteroatoms. The standard InChI is InChI=1S/C13H17ClN4/c1-8(2)13-16-12(7-15)17-18(13)10-5-4-9(3)11(14)6-10/h4-6,8H,7,15H2,1-3H3. The molecule has 2 aromatic rings. The van der Waals surface area contributed by atoms with E-state index in [2.05, 4.69) is 23.9 Å². The van der Waals surface area contributed by atoms with Gasteiger partial charge in [0.25, 0.3) is 0 Å². The Hall–Kier alpha value is -1.39. The van der Waals surface area contributed by atoms with E-state index >= 15 is 0 Å². The molecule has 0 aliphatic carbocycles. The Morgan fingerprint density at radius 2 is 2.11 bits per heavy atom. The van der Waals surface area contributed by atoms with Gasteiger partial charge in [-0.25, -0.2) is 9.67 Å². The topological polar surface area (TPSA) is 56.7 Å². The Kier molecular flexibility index (Phi) is 3.68. The highest BCUT2D eigenvalue weighted by Crippen LogP contribution is 2.22. The highest BCUT2D eigenvalue weighted by molar-refractivity contribution is 6.31. The highest BCUT2D eigenvalue weighted by Gasteiger charge is 2.14. The average molecular weight is 265 g/mol. The van der Waals surface area contributed by atoms with Crippen molar-refractivity contribution < 1.29 is 0 Å². The number of hydrogen-bond acceptors (Lipinski definition) is 3. The summed E-state index contributed by atoms with van der Waals surface area (Å²) in [5, 5.41) is 5.14. The van der Waals surface area contributed by atoms with Gasteiger partial charge in [0.2, 0.25) is 0 Å². The fraction of sp³-hybridized carbons (Fsp3) is 0.385. The summed E-state index contributed by atoms with van der Waals surface area (Å²) in [5.41, 5.74) is 7.56. The molecule has 0 amide bonds. The van der Waals surface area contributed by atoms with Crippen molar-refractivity contribution in [1.29, 1.82) is 0 Å². The molecule has 0 unspecified atom stereocenters. The van der Waals surface area contributed by atoms with E-state index in [4.69, 9.17) is 17.3 Å². The second kappa shape index (κ2) is 5.08. The molecular weight excluding hydrogens is 248 g/mol. The fourth-order valence-electron chi connectivity index (χ4n) is 1.73. The molecular formula is C13H17ClN4. The molecule has 96 valence electrons. The normalized spacial score (nSPS) is 11.2. The first-order valence-corrected chi connectivity index (χ1v) is 6.33. The SMILES string of the molecule is Cc1ccc(-n2nc(CN)nc2C(C)C)cc1Cl. The van der Waals surface area contributed by atoms with Crippen molar-refractivity contribution in [3.63, 3.8) is 0 Å². The van der Waals surface area contributed by atoms with Crippen molar-refractivity contribution >= 4 is 11.6 Å². The van der Waals surface area contributed by atoms with Crippen molar-refractivity contribution in [2.45, 2.75) is 33.2 Å². The van der Waals surface area contributed by atoms with Crippen LogP contribution >= 0.6 is 11.6 Å². The van der Waals surface area contributed by atoms with Crippen LogP contribution in [0.3, 0.4) is 0 Å². The molecule has 0 saturated carbocycles. The van der Waals surface area contributed by atoms with E-state index < -0.39 is 0 Å². The van der Waals surface area contributed by atoms with Crippen LogP contribution in [0.25, 0.3) is 5.69 Å². The first-order valence-electron chi connectivity index (χ1n) is 5.95. The molecule has 0 aliphatic heterocycles. The van der Waals surface area contributed by atoms with E-state index in [9.17, 15) is 0 Å². The molecule has 2 N–H and O–H groups in total. The third kappa shape index (κ3) is 2.40. The van der Waals surface area contributed by atoms with Crippen LogP contribution < -0.4 is 5.73 Å². The van der Waals surface area contributed by atoms with Gasteiger partial charge in [0.1, 0.15) is 5.82 Å². The van der Waals surface area contributed by atoms with E-state index in [0.717, 1.165) is 22.1 Å². The van der Waals surface area contributed by atoms with Crippen molar-refractivity contribution in [2.75, 3.05) is 0 Å². The van der Waals surface area contributed by atoms with Crippen molar-refractivity contribution in [1.82, 2.24) is 14.8 Å². The number of benzene rings is 1. The lowest BCUT2D eigenvalue weighted by Gasteiger charge is -2.09. The summed E-state index contributed by atoms with van der Waals surface area (Å²) in [5.74, 6) is 1.82. The molecule has 1 aromatic carbocycles. The third-order valence-electron chi connectivity index (χ3n) is 2.78. The van der Waals surface area contributed by atoms with E-state index in [1.54, 1.807) is 0 Å². The van der Waals surface area contributed by atoms with E-state index in [1.807, 2.05) is 29.8 Å². The highest BCUT2D eigenvalue weighted by atomic mass is 35.5. The van der Waals surface area contributed by atoms with Gasteiger partial charge in [-0.15, -0.1) is 5.10 Å². The van der Waals surface area contributed by atoms with Gasteiger partial charge in [0.15, 0.2) is 5.82 Å². The smallest absolute Gasteiger partial charge is 0.164 e. The molecule has 18 heavy (non-hydrogen) atoms. The molecule has 2 rings (SSSR count). The Labute approximate surface area is 112 Å². The summed E-state index contributed by atoms with van der Waals surface area (Å²) in [7, 11) is 0. The molecule has 1 aromatic heterocycles. The van der Waals surface area contributed by atoms with Crippen LogP contribution in [0.4, 0.5) is 0 Å². The predicted octanol–water partition coefficient (Wildman–Crippen LogP) is 2.81. The van der Waals surface area contributed by atoms with Crippen molar-refractivity contribution in [3.8, 4) is 5.69 Å². The minimum absolute atomic E-state index is 0.276. The Morgan fingerprint density at radius 3 is 2.67 bits per heavy atom. The lowest BCUT2D eigenvalue weighted by atomic mass is 10.2. The molecule has 0 atom stereocenters. The molecule has 0 saturated heterocycles. The average Bonchev–Trinajstić information content (AvgIpc) is 2.77. The van der Waals surface area contributed by atoms with Crippen LogP contribution in [0.1, 0.15) is 37.0 Å². The maximum atomic E-state index is 6.15. The lowest BCUT2D eigenvalue weighted by Crippen LogP contribution is -2.05. The summed E-state index contributed by atoms with van der Waals surface area (Å²) >= 11 is 6.15. The quantitative estimate of drug-likeness (QED) is 0.927. The summed E-state index contributed by atoms with van der Waals surface area (Å²) < 4.78 is 1.82. The largest absolute Gasteiger partial charge is 0.324 e.